The van der Waals surface area contributed by atoms with Gasteiger partial charge in [-0.25, -0.2) is 0 Å². The fourth-order valence-corrected chi connectivity index (χ4v) is 2.86. The van der Waals surface area contributed by atoms with E-state index in [4.69, 9.17) is 16.3 Å². The fourth-order valence-electron chi connectivity index (χ4n) is 2.69. The first kappa shape index (κ1) is 16.4. The number of para-hydroxylation sites is 1. The highest BCUT2D eigenvalue weighted by atomic mass is 35.5. The van der Waals surface area contributed by atoms with Gasteiger partial charge in [0.2, 0.25) is 0 Å². The minimum atomic E-state index is -4.54. The van der Waals surface area contributed by atoms with Crippen LogP contribution in [0.2, 0.25) is 5.02 Å². The summed E-state index contributed by atoms with van der Waals surface area (Å²) in [7, 11) is 1.43. The zero-order valence-electron chi connectivity index (χ0n) is 12.4. The topological polar surface area (TPSA) is 42.1 Å². The predicted octanol–water partition coefficient (Wildman–Crippen LogP) is 5.33. The molecular formula is C17H11ClF3NO2. The Kier molecular flexibility index (Phi) is 4.01. The summed E-state index contributed by atoms with van der Waals surface area (Å²) in [5.41, 5.74) is -0.219. The van der Waals surface area contributed by atoms with Crippen LogP contribution in [0.15, 0.2) is 36.4 Å². The van der Waals surface area contributed by atoms with Crippen molar-refractivity contribution >= 4 is 28.8 Å². The highest BCUT2D eigenvalue weighted by Crippen LogP contribution is 2.40. The van der Waals surface area contributed by atoms with Crippen molar-refractivity contribution in [1.82, 2.24) is 4.98 Å². The average Bonchev–Trinajstić information content (AvgIpc) is 2.92. The lowest BCUT2D eigenvalue weighted by atomic mass is 10.0. The molecule has 0 saturated heterocycles. The maximum Gasteiger partial charge on any atom is 0.418 e. The van der Waals surface area contributed by atoms with Crippen LogP contribution in [0.4, 0.5) is 13.2 Å². The van der Waals surface area contributed by atoms with Gasteiger partial charge in [0.1, 0.15) is 5.75 Å². The number of halogens is 4. The first-order valence-corrected chi connectivity index (χ1v) is 7.25. The summed E-state index contributed by atoms with van der Waals surface area (Å²) in [6.45, 7) is 0. The second kappa shape index (κ2) is 5.87. The SMILES string of the molecule is COc1ccc(Cl)cc1-c1[nH]c2c(C(F)(F)F)cccc2c1C=O. The Hall–Kier alpha value is -2.47. The first-order chi connectivity index (χ1) is 11.4. The number of fused-ring (bicyclic) bond motifs is 1. The van der Waals surface area contributed by atoms with Crippen LogP contribution in [0.3, 0.4) is 0 Å². The summed E-state index contributed by atoms with van der Waals surface area (Å²) >= 11 is 5.98. The fraction of sp³-hybridized carbons (Fsp3) is 0.118. The van der Waals surface area contributed by atoms with Crippen LogP contribution in [-0.2, 0) is 6.18 Å². The molecule has 24 heavy (non-hydrogen) atoms. The maximum atomic E-state index is 13.2. The second-order valence-corrected chi connectivity index (χ2v) is 5.54. The van der Waals surface area contributed by atoms with Gasteiger partial charge in [0.15, 0.2) is 6.29 Å². The number of ether oxygens (including phenoxy) is 1. The smallest absolute Gasteiger partial charge is 0.418 e. The molecule has 0 saturated carbocycles. The molecule has 0 spiro atoms. The van der Waals surface area contributed by atoms with Gasteiger partial charge in [-0.15, -0.1) is 0 Å². The highest BCUT2D eigenvalue weighted by Gasteiger charge is 2.34. The third-order valence-electron chi connectivity index (χ3n) is 3.73. The van der Waals surface area contributed by atoms with Gasteiger partial charge in [-0.1, -0.05) is 23.7 Å². The number of rotatable bonds is 3. The molecular weight excluding hydrogens is 343 g/mol. The van der Waals surface area contributed by atoms with E-state index in [1.54, 1.807) is 12.1 Å². The van der Waals surface area contributed by atoms with Gasteiger partial charge < -0.3 is 9.72 Å². The zero-order valence-corrected chi connectivity index (χ0v) is 13.1. The quantitative estimate of drug-likeness (QED) is 0.647. The summed E-state index contributed by atoms with van der Waals surface area (Å²) in [5, 5.41) is 0.564. The molecule has 2 aromatic carbocycles. The zero-order chi connectivity index (χ0) is 17.5. The number of carbonyl (C=O) groups is 1. The van der Waals surface area contributed by atoms with Gasteiger partial charge in [-0.2, -0.15) is 13.2 Å². The van der Waals surface area contributed by atoms with Crippen LogP contribution in [-0.4, -0.2) is 18.4 Å². The summed E-state index contributed by atoms with van der Waals surface area (Å²) < 4.78 is 44.9. The maximum absolute atomic E-state index is 13.2. The predicted molar refractivity (Wildman–Crippen MR) is 85.7 cm³/mol. The number of methoxy groups -OCH3 is 1. The van der Waals surface area contributed by atoms with E-state index in [2.05, 4.69) is 4.98 Å². The normalized spacial score (nSPS) is 11.7. The minimum Gasteiger partial charge on any atom is -0.496 e. The molecule has 0 aliphatic carbocycles. The molecule has 0 aliphatic heterocycles. The lowest BCUT2D eigenvalue weighted by Crippen LogP contribution is -2.05. The summed E-state index contributed by atoms with van der Waals surface area (Å²) in [6, 6.07) is 8.41. The van der Waals surface area contributed by atoms with E-state index in [9.17, 15) is 18.0 Å². The van der Waals surface area contributed by atoms with E-state index < -0.39 is 11.7 Å². The number of nitrogens with one attached hydrogen (secondary N) is 1. The van der Waals surface area contributed by atoms with Crippen molar-refractivity contribution in [2.24, 2.45) is 0 Å². The number of alkyl halides is 3. The third-order valence-corrected chi connectivity index (χ3v) is 3.96. The van der Waals surface area contributed by atoms with Crippen molar-refractivity contribution in [1.29, 1.82) is 0 Å². The monoisotopic (exact) mass is 353 g/mol. The Balaban J connectivity index is 2.38. The molecule has 3 aromatic rings. The van der Waals surface area contributed by atoms with Crippen molar-refractivity contribution in [3.63, 3.8) is 0 Å². The van der Waals surface area contributed by atoms with Gasteiger partial charge in [-0.3, -0.25) is 4.79 Å². The van der Waals surface area contributed by atoms with Gasteiger partial charge in [-0.05, 0) is 24.3 Å². The first-order valence-electron chi connectivity index (χ1n) is 6.87. The van der Waals surface area contributed by atoms with Crippen molar-refractivity contribution in [3.8, 4) is 17.0 Å². The lowest BCUT2D eigenvalue weighted by molar-refractivity contribution is -0.136. The summed E-state index contributed by atoms with van der Waals surface area (Å²) in [6.07, 6.45) is -4.02. The van der Waals surface area contributed by atoms with Gasteiger partial charge in [0, 0.05) is 21.5 Å². The summed E-state index contributed by atoms with van der Waals surface area (Å²) in [4.78, 5) is 14.3. The van der Waals surface area contributed by atoms with E-state index >= 15 is 0 Å². The van der Waals surface area contributed by atoms with Crippen LogP contribution < -0.4 is 4.74 Å². The largest absolute Gasteiger partial charge is 0.496 e. The Morgan fingerprint density at radius 3 is 2.58 bits per heavy atom. The van der Waals surface area contributed by atoms with Gasteiger partial charge in [0.25, 0.3) is 0 Å². The van der Waals surface area contributed by atoms with Gasteiger partial charge in [0.05, 0.1) is 23.9 Å². The van der Waals surface area contributed by atoms with Crippen molar-refractivity contribution in [2.75, 3.05) is 7.11 Å². The van der Waals surface area contributed by atoms with Crippen LogP contribution in [0.25, 0.3) is 22.2 Å². The second-order valence-electron chi connectivity index (χ2n) is 5.10. The number of carbonyl (C=O) groups excluding carboxylic acids is 1. The Labute approximate surface area is 140 Å². The van der Waals surface area contributed by atoms with Crippen molar-refractivity contribution < 1.29 is 22.7 Å². The molecule has 7 heteroatoms. The third kappa shape index (κ3) is 2.63. The molecule has 1 aromatic heterocycles. The molecule has 3 rings (SSSR count). The number of hydrogen-bond acceptors (Lipinski definition) is 2. The number of aromatic nitrogens is 1. The van der Waals surface area contributed by atoms with E-state index in [-0.39, 0.29) is 22.2 Å². The minimum absolute atomic E-state index is 0.122. The Morgan fingerprint density at radius 1 is 1.21 bits per heavy atom. The molecule has 1 N–H and O–H groups in total. The van der Waals surface area contributed by atoms with E-state index in [1.807, 2.05) is 0 Å². The molecule has 0 aliphatic rings. The molecule has 0 fully saturated rings. The number of H-pyrrole nitrogens is 1. The highest BCUT2D eigenvalue weighted by molar-refractivity contribution is 6.31. The molecule has 0 bridgehead atoms. The van der Waals surface area contributed by atoms with Gasteiger partial charge >= 0.3 is 6.18 Å². The molecule has 3 nitrogen and oxygen atoms in total. The number of hydrogen-bond donors (Lipinski definition) is 1. The van der Waals surface area contributed by atoms with Crippen LogP contribution in [0, 0.1) is 0 Å². The lowest BCUT2D eigenvalue weighted by Gasteiger charge is -2.08. The van der Waals surface area contributed by atoms with Crippen molar-refractivity contribution in [3.05, 3.63) is 52.5 Å². The summed E-state index contributed by atoms with van der Waals surface area (Å²) in [5.74, 6) is 0.391. The van der Waals surface area contributed by atoms with Crippen molar-refractivity contribution in [2.45, 2.75) is 6.18 Å². The molecule has 0 atom stereocenters. The van der Waals surface area contributed by atoms with Crippen LogP contribution in [0.5, 0.6) is 5.75 Å². The number of aromatic amines is 1. The number of aldehydes is 1. The van der Waals surface area contributed by atoms with Crippen LogP contribution >= 0.6 is 11.6 Å². The number of benzene rings is 2. The Bertz CT molecular complexity index is 931. The van der Waals surface area contributed by atoms with E-state index in [0.717, 1.165) is 6.07 Å². The Morgan fingerprint density at radius 2 is 1.96 bits per heavy atom. The molecule has 124 valence electrons. The standard InChI is InChI=1S/C17H11ClF3NO2/c1-24-14-6-5-9(18)7-11(14)15-12(8-23)10-3-2-4-13(16(10)22-15)17(19,20)21/h2-8,22H,1H3. The average molecular weight is 354 g/mol. The molecule has 0 amide bonds. The molecule has 0 unspecified atom stereocenters. The van der Waals surface area contributed by atoms with E-state index in [1.165, 1.54) is 25.3 Å². The van der Waals surface area contributed by atoms with E-state index in [0.29, 0.717) is 22.6 Å². The molecule has 1 heterocycles. The molecule has 0 radical (unpaired) electrons. The van der Waals surface area contributed by atoms with Crippen LogP contribution in [0.1, 0.15) is 15.9 Å².